The Morgan fingerprint density at radius 3 is 2.32 bits per heavy atom. The minimum Gasteiger partial charge on any atom is -0.493 e. The van der Waals surface area contributed by atoms with Crippen molar-refractivity contribution in [3.8, 4) is 11.5 Å². The van der Waals surface area contributed by atoms with Gasteiger partial charge in [-0.3, -0.25) is 4.79 Å². The predicted molar refractivity (Wildman–Crippen MR) is 84.1 cm³/mol. The monoisotopic (exact) mass is 358 g/mol. The lowest BCUT2D eigenvalue weighted by molar-refractivity contribution is -0.0512. The Kier molecular flexibility index (Phi) is 6.37. The molecule has 1 aromatic rings. The van der Waals surface area contributed by atoms with Crippen LogP contribution in [0, 0.1) is 0 Å². The molecule has 0 unspecified atom stereocenters. The lowest BCUT2D eigenvalue weighted by Gasteiger charge is -2.34. The molecule has 0 bridgehead atoms. The van der Waals surface area contributed by atoms with E-state index in [0.29, 0.717) is 38.3 Å². The molecule has 1 saturated heterocycles. The third-order valence-electron chi connectivity index (χ3n) is 3.72. The average molecular weight is 358 g/mol. The first-order chi connectivity index (χ1) is 12.0. The Morgan fingerprint density at radius 1 is 1.12 bits per heavy atom. The van der Waals surface area contributed by atoms with Crippen molar-refractivity contribution in [1.82, 2.24) is 9.80 Å². The van der Waals surface area contributed by atoms with Gasteiger partial charge in [0.25, 0.3) is 5.91 Å². The fraction of sp³-hybridized carbons (Fsp3) is 0.500. The molecule has 0 aromatic heterocycles. The average Bonchev–Trinajstić information content (AvgIpc) is 2.61. The third kappa shape index (κ3) is 4.71. The van der Waals surface area contributed by atoms with Gasteiger partial charge in [-0.25, -0.2) is 4.79 Å². The van der Waals surface area contributed by atoms with E-state index < -0.39 is 12.7 Å². The van der Waals surface area contributed by atoms with Crippen LogP contribution in [0.1, 0.15) is 17.3 Å². The molecule has 25 heavy (non-hydrogen) atoms. The van der Waals surface area contributed by atoms with Crippen LogP contribution in [-0.4, -0.2) is 68.3 Å². The van der Waals surface area contributed by atoms with E-state index in [1.807, 2.05) is 0 Å². The van der Waals surface area contributed by atoms with Crippen LogP contribution >= 0.6 is 0 Å². The van der Waals surface area contributed by atoms with E-state index in [9.17, 15) is 18.4 Å². The Morgan fingerprint density at radius 2 is 1.76 bits per heavy atom. The van der Waals surface area contributed by atoms with Crippen molar-refractivity contribution in [2.45, 2.75) is 13.5 Å². The van der Waals surface area contributed by atoms with Crippen molar-refractivity contribution >= 4 is 12.0 Å². The van der Waals surface area contributed by atoms with Crippen LogP contribution in [-0.2, 0) is 4.74 Å². The summed E-state index contributed by atoms with van der Waals surface area (Å²) in [4.78, 5) is 27.3. The molecule has 0 aliphatic carbocycles. The number of halogens is 2. The normalized spacial score (nSPS) is 14.4. The van der Waals surface area contributed by atoms with Gasteiger partial charge in [-0.15, -0.1) is 0 Å². The maximum atomic E-state index is 12.6. The highest BCUT2D eigenvalue weighted by atomic mass is 19.3. The molecule has 0 spiro atoms. The molecule has 1 fully saturated rings. The van der Waals surface area contributed by atoms with Crippen LogP contribution < -0.4 is 9.47 Å². The van der Waals surface area contributed by atoms with Crippen LogP contribution in [0.15, 0.2) is 18.2 Å². The van der Waals surface area contributed by atoms with Crippen molar-refractivity contribution in [3.63, 3.8) is 0 Å². The van der Waals surface area contributed by atoms with Gasteiger partial charge in [0.1, 0.15) is 0 Å². The minimum atomic E-state index is -2.98. The molecular formula is C16H20F2N2O5. The van der Waals surface area contributed by atoms with Gasteiger partial charge < -0.3 is 24.0 Å². The Balaban J connectivity index is 2.02. The first-order valence-corrected chi connectivity index (χ1v) is 7.80. The van der Waals surface area contributed by atoms with Crippen molar-refractivity contribution < 1.29 is 32.6 Å². The zero-order chi connectivity index (χ0) is 18.4. The highest BCUT2D eigenvalue weighted by Gasteiger charge is 2.26. The summed E-state index contributed by atoms with van der Waals surface area (Å²) < 4.78 is 39.0. The summed E-state index contributed by atoms with van der Waals surface area (Å²) >= 11 is 0. The van der Waals surface area contributed by atoms with Crippen molar-refractivity contribution in [2.24, 2.45) is 0 Å². The number of nitrogens with zero attached hydrogens (tertiary/aromatic N) is 2. The van der Waals surface area contributed by atoms with Crippen LogP contribution in [0.25, 0.3) is 0 Å². The Hall–Kier alpha value is -2.58. The summed E-state index contributed by atoms with van der Waals surface area (Å²) in [5, 5.41) is 0. The molecule has 2 amide bonds. The fourth-order valence-electron chi connectivity index (χ4n) is 2.48. The van der Waals surface area contributed by atoms with E-state index in [4.69, 9.17) is 9.47 Å². The molecule has 2 rings (SSSR count). The smallest absolute Gasteiger partial charge is 0.409 e. The van der Waals surface area contributed by atoms with Gasteiger partial charge >= 0.3 is 12.7 Å². The van der Waals surface area contributed by atoms with Crippen molar-refractivity contribution in [3.05, 3.63) is 23.8 Å². The van der Waals surface area contributed by atoms with Gasteiger partial charge in [-0.2, -0.15) is 8.78 Å². The molecule has 7 nitrogen and oxygen atoms in total. The predicted octanol–water partition coefficient (Wildman–Crippen LogP) is 2.21. The summed E-state index contributed by atoms with van der Waals surface area (Å²) in [5.74, 6) is -0.358. The highest BCUT2D eigenvalue weighted by molar-refractivity contribution is 5.95. The van der Waals surface area contributed by atoms with E-state index in [1.54, 1.807) is 11.8 Å². The first-order valence-electron chi connectivity index (χ1n) is 7.80. The molecule has 0 N–H and O–H groups in total. The topological polar surface area (TPSA) is 68.3 Å². The van der Waals surface area contributed by atoms with Crippen LogP contribution in [0.5, 0.6) is 11.5 Å². The van der Waals surface area contributed by atoms with Crippen LogP contribution in [0.2, 0.25) is 0 Å². The largest absolute Gasteiger partial charge is 0.493 e. The summed E-state index contributed by atoms with van der Waals surface area (Å²) in [6.07, 6.45) is -0.398. The Bertz CT molecular complexity index is 619. The second kappa shape index (κ2) is 8.50. The van der Waals surface area contributed by atoms with E-state index >= 15 is 0 Å². The Labute approximate surface area is 144 Å². The number of piperazine rings is 1. The maximum Gasteiger partial charge on any atom is 0.409 e. The van der Waals surface area contributed by atoms with Crippen molar-refractivity contribution in [2.75, 3.05) is 39.9 Å². The van der Waals surface area contributed by atoms with Crippen LogP contribution in [0.3, 0.4) is 0 Å². The molecule has 9 heteroatoms. The lowest BCUT2D eigenvalue weighted by Crippen LogP contribution is -2.50. The number of alkyl halides is 2. The number of methoxy groups -OCH3 is 1. The van der Waals surface area contributed by atoms with Gasteiger partial charge in [0.05, 0.1) is 13.7 Å². The van der Waals surface area contributed by atoms with Gasteiger partial charge in [-0.1, -0.05) is 0 Å². The maximum absolute atomic E-state index is 12.6. The quantitative estimate of drug-likeness (QED) is 0.807. The number of rotatable bonds is 5. The first kappa shape index (κ1) is 18.8. The summed E-state index contributed by atoms with van der Waals surface area (Å²) in [7, 11) is 1.31. The van der Waals surface area contributed by atoms with Gasteiger partial charge in [0.15, 0.2) is 11.5 Å². The fourth-order valence-corrected chi connectivity index (χ4v) is 2.48. The van der Waals surface area contributed by atoms with Gasteiger partial charge in [0.2, 0.25) is 0 Å². The van der Waals surface area contributed by atoms with E-state index in [0.717, 1.165) is 0 Å². The number of carbonyl (C=O) groups is 2. The zero-order valence-electron chi connectivity index (χ0n) is 14.0. The number of benzene rings is 1. The number of ether oxygens (including phenoxy) is 3. The third-order valence-corrected chi connectivity index (χ3v) is 3.72. The van der Waals surface area contributed by atoms with Crippen LogP contribution in [0.4, 0.5) is 13.6 Å². The number of carbonyl (C=O) groups excluding carboxylic acids is 2. The molecule has 0 radical (unpaired) electrons. The SMILES string of the molecule is CCOC(=O)N1CCN(C(=O)c2ccc(OC(F)F)c(OC)c2)CC1. The molecule has 1 aliphatic heterocycles. The summed E-state index contributed by atoms with van der Waals surface area (Å²) in [6, 6.07) is 4.03. The van der Waals surface area contributed by atoms with E-state index in [-0.39, 0.29) is 17.4 Å². The highest BCUT2D eigenvalue weighted by Crippen LogP contribution is 2.30. The molecular weight excluding hydrogens is 338 g/mol. The number of amides is 2. The van der Waals surface area contributed by atoms with E-state index in [2.05, 4.69) is 4.74 Å². The molecule has 138 valence electrons. The summed E-state index contributed by atoms with van der Waals surface area (Å²) in [5.41, 5.74) is 0.294. The summed E-state index contributed by atoms with van der Waals surface area (Å²) in [6.45, 7) is 0.496. The molecule has 1 aromatic carbocycles. The minimum absolute atomic E-state index is 0.0521. The standard InChI is InChI=1S/C16H20F2N2O5/c1-3-24-16(22)20-8-6-19(7-9-20)14(21)11-4-5-12(25-15(17)18)13(10-11)23-2/h4-5,10,15H,3,6-9H2,1-2H3. The number of hydrogen-bond donors (Lipinski definition) is 0. The lowest BCUT2D eigenvalue weighted by atomic mass is 10.1. The van der Waals surface area contributed by atoms with Crippen molar-refractivity contribution in [1.29, 1.82) is 0 Å². The molecule has 0 atom stereocenters. The zero-order valence-corrected chi connectivity index (χ0v) is 14.0. The van der Waals surface area contributed by atoms with Gasteiger partial charge in [-0.05, 0) is 25.1 Å². The molecule has 0 saturated carbocycles. The number of hydrogen-bond acceptors (Lipinski definition) is 5. The second-order valence-corrected chi connectivity index (χ2v) is 5.22. The van der Waals surface area contributed by atoms with E-state index in [1.165, 1.54) is 30.2 Å². The van der Waals surface area contributed by atoms with Gasteiger partial charge in [0, 0.05) is 31.7 Å². The second-order valence-electron chi connectivity index (χ2n) is 5.22. The molecule has 1 aliphatic rings. The molecule has 1 heterocycles.